The Morgan fingerprint density at radius 3 is 2.76 bits per heavy atom. The van der Waals surface area contributed by atoms with Crippen LogP contribution in [-0.4, -0.2) is 27.8 Å². The highest BCUT2D eigenvalue weighted by Gasteiger charge is 2.11. The Balaban J connectivity index is 1.99. The first kappa shape index (κ1) is 14.9. The summed E-state index contributed by atoms with van der Waals surface area (Å²) in [6, 6.07) is 7.45. The second kappa shape index (κ2) is 6.79. The van der Waals surface area contributed by atoms with Crippen LogP contribution in [0.5, 0.6) is 11.5 Å². The van der Waals surface area contributed by atoms with Crippen LogP contribution in [0, 0.1) is 11.8 Å². The van der Waals surface area contributed by atoms with E-state index in [1.54, 1.807) is 0 Å². The van der Waals surface area contributed by atoms with E-state index < -0.39 is 5.91 Å². The second-order valence-corrected chi connectivity index (χ2v) is 5.28. The first-order valence-electron chi connectivity index (χ1n) is 6.09. The summed E-state index contributed by atoms with van der Waals surface area (Å²) in [6.45, 7) is 0.120. The van der Waals surface area contributed by atoms with Crippen LogP contribution in [0.1, 0.15) is 20.1 Å². The van der Waals surface area contributed by atoms with Crippen molar-refractivity contribution in [1.82, 2.24) is 5.32 Å². The maximum Gasteiger partial charge on any atom is 0.255 e. The summed E-state index contributed by atoms with van der Waals surface area (Å²) >= 11 is 1.41. The average molecular weight is 303 g/mol. The number of benzene rings is 1. The molecular formula is C15H13NO4S. The Hall–Kier alpha value is -2.49. The van der Waals surface area contributed by atoms with Crippen molar-refractivity contribution < 1.29 is 20.1 Å². The number of phenolic OH excluding ortho intramolecular Hbond substituents is 2. The highest BCUT2D eigenvalue weighted by Crippen LogP contribution is 2.22. The van der Waals surface area contributed by atoms with Crippen molar-refractivity contribution in [3.05, 3.63) is 45.6 Å². The van der Waals surface area contributed by atoms with Crippen LogP contribution < -0.4 is 5.32 Å². The summed E-state index contributed by atoms with van der Waals surface area (Å²) in [5.74, 6) is 4.54. The Morgan fingerprint density at radius 2 is 2.05 bits per heavy atom. The number of phenols is 2. The molecule has 1 heterocycles. The van der Waals surface area contributed by atoms with Gasteiger partial charge >= 0.3 is 0 Å². The summed E-state index contributed by atoms with van der Waals surface area (Å²) in [4.78, 5) is 13.6. The smallest absolute Gasteiger partial charge is 0.255 e. The van der Waals surface area contributed by atoms with Gasteiger partial charge in [-0.1, -0.05) is 11.8 Å². The summed E-state index contributed by atoms with van der Waals surface area (Å²) in [6.07, 6.45) is 0. The van der Waals surface area contributed by atoms with Gasteiger partial charge in [0.25, 0.3) is 5.91 Å². The monoisotopic (exact) mass is 303 g/mol. The molecule has 4 N–H and O–H groups in total. The predicted octanol–water partition coefficient (Wildman–Crippen LogP) is 1.43. The highest BCUT2D eigenvalue weighted by atomic mass is 32.1. The van der Waals surface area contributed by atoms with E-state index in [0.29, 0.717) is 6.54 Å². The number of rotatable bonds is 3. The van der Waals surface area contributed by atoms with Crippen molar-refractivity contribution in [1.29, 1.82) is 0 Å². The number of hydrogen-bond acceptors (Lipinski definition) is 5. The molecule has 1 aromatic carbocycles. The molecule has 0 atom stereocenters. The minimum absolute atomic E-state index is 0.102. The van der Waals surface area contributed by atoms with Gasteiger partial charge in [-0.3, -0.25) is 4.79 Å². The Kier molecular flexibility index (Phi) is 4.82. The van der Waals surface area contributed by atoms with Crippen LogP contribution in [-0.2, 0) is 6.54 Å². The Labute approximate surface area is 125 Å². The SMILES string of the molecule is O=C(NCc1ccc(C#CCO)s1)c1ccc(O)cc1O. The lowest BCUT2D eigenvalue weighted by molar-refractivity contribution is 0.0948. The maximum atomic E-state index is 11.9. The summed E-state index contributed by atoms with van der Waals surface area (Å²) in [7, 11) is 0. The van der Waals surface area contributed by atoms with Gasteiger partial charge in [-0.25, -0.2) is 0 Å². The molecule has 2 rings (SSSR count). The van der Waals surface area contributed by atoms with Gasteiger partial charge in [0.05, 0.1) is 17.0 Å². The molecule has 6 heteroatoms. The lowest BCUT2D eigenvalue weighted by Crippen LogP contribution is -2.22. The van der Waals surface area contributed by atoms with Crippen LogP contribution >= 0.6 is 11.3 Å². The molecule has 1 aromatic heterocycles. The van der Waals surface area contributed by atoms with Crippen molar-refractivity contribution in [3.8, 4) is 23.3 Å². The van der Waals surface area contributed by atoms with E-state index in [2.05, 4.69) is 17.2 Å². The van der Waals surface area contributed by atoms with Crippen LogP contribution in [0.3, 0.4) is 0 Å². The molecule has 2 aromatic rings. The zero-order valence-electron chi connectivity index (χ0n) is 11.0. The minimum Gasteiger partial charge on any atom is -0.508 e. The molecule has 0 fully saturated rings. The standard InChI is InChI=1S/C15H13NO4S/c17-7-1-2-11-4-5-12(21-11)9-16-15(20)13-6-3-10(18)8-14(13)19/h3-6,8,17-19H,7,9H2,(H,16,20). The molecule has 0 radical (unpaired) electrons. The quantitative estimate of drug-likeness (QED) is 0.646. The van der Waals surface area contributed by atoms with Crippen molar-refractivity contribution in [2.45, 2.75) is 6.54 Å². The number of carbonyl (C=O) groups is 1. The average Bonchev–Trinajstić information content (AvgIpc) is 2.90. The van der Waals surface area contributed by atoms with Crippen LogP contribution in [0.4, 0.5) is 0 Å². The van der Waals surface area contributed by atoms with E-state index in [1.807, 2.05) is 12.1 Å². The lowest BCUT2D eigenvalue weighted by atomic mass is 10.2. The first-order chi connectivity index (χ1) is 10.1. The van der Waals surface area contributed by atoms with Gasteiger partial charge < -0.3 is 20.6 Å². The molecular weight excluding hydrogens is 290 g/mol. The van der Waals surface area contributed by atoms with Crippen LogP contribution in [0.15, 0.2) is 30.3 Å². The molecule has 0 saturated heterocycles. The topological polar surface area (TPSA) is 89.8 Å². The summed E-state index contributed by atoms with van der Waals surface area (Å²) < 4.78 is 0. The van der Waals surface area contributed by atoms with Gasteiger partial charge in [0.15, 0.2) is 0 Å². The fourth-order valence-electron chi connectivity index (χ4n) is 1.64. The summed E-state index contributed by atoms with van der Waals surface area (Å²) in [5, 5.41) is 30.1. The number of aliphatic hydroxyl groups is 1. The Bertz CT molecular complexity index is 712. The van der Waals surface area contributed by atoms with Crippen molar-refractivity contribution >= 4 is 17.2 Å². The van der Waals surface area contributed by atoms with Crippen LogP contribution in [0.25, 0.3) is 0 Å². The predicted molar refractivity (Wildman–Crippen MR) is 79.2 cm³/mol. The number of amides is 1. The fraction of sp³-hybridized carbons (Fsp3) is 0.133. The van der Waals surface area contributed by atoms with Gasteiger partial charge in [0.1, 0.15) is 18.1 Å². The number of nitrogens with one attached hydrogen (secondary N) is 1. The fourth-order valence-corrected chi connectivity index (χ4v) is 2.46. The lowest BCUT2D eigenvalue weighted by Gasteiger charge is -2.06. The second-order valence-electron chi connectivity index (χ2n) is 4.11. The molecule has 0 aliphatic rings. The number of carbonyl (C=O) groups excluding carboxylic acids is 1. The molecule has 1 amide bonds. The summed E-state index contributed by atoms with van der Waals surface area (Å²) in [5.41, 5.74) is 0.102. The van der Waals surface area contributed by atoms with Crippen molar-refractivity contribution in [3.63, 3.8) is 0 Å². The third-order valence-electron chi connectivity index (χ3n) is 2.60. The molecule has 5 nitrogen and oxygen atoms in total. The normalized spacial score (nSPS) is 9.76. The largest absolute Gasteiger partial charge is 0.508 e. The van der Waals surface area contributed by atoms with Crippen molar-refractivity contribution in [2.24, 2.45) is 0 Å². The molecule has 0 aliphatic carbocycles. The maximum absolute atomic E-state index is 11.9. The third-order valence-corrected chi connectivity index (χ3v) is 3.60. The van der Waals surface area contributed by atoms with Gasteiger partial charge in [0.2, 0.25) is 0 Å². The zero-order chi connectivity index (χ0) is 15.2. The van der Waals surface area contributed by atoms with Gasteiger partial charge in [-0.05, 0) is 24.3 Å². The van der Waals surface area contributed by atoms with E-state index in [0.717, 1.165) is 15.8 Å². The van der Waals surface area contributed by atoms with Gasteiger partial charge in [-0.2, -0.15) is 0 Å². The molecule has 0 bridgehead atoms. The first-order valence-corrected chi connectivity index (χ1v) is 6.90. The Morgan fingerprint density at radius 1 is 1.24 bits per heavy atom. The van der Waals surface area contributed by atoms with E-state index in [-0.39, 0.29) is 23.7 Å². The van der Waals surface area contributed by atoms with Crippen LogP contribution in [0.2, 0.25) is 0 Å². The van der Waals surface area contributed by atoms with Gasteiger partial charge in [-0.15, -0.1) is 11.3 Å². The van der Waals surface area contributed by atoms with E-state index in [9.17, 15) is 15.0 Å². The minimum atomic E-state index is -0.427. The van der Waals surface area contributed by atoms with E-state index >= 15 is 0 Å². The number of aliphatic hydroxyl groups excluding tert-OH is 1. The zero-order valence-corrected chi connectivity index (χ0v) is 11.8. The number of thiophene rings is 1. The molecule has 0 saturated carbocycles. The van der Waals surface area contributed by atoms with Gasteiger partial charge in [0, 0.05) is 10.9 Å². The number of aromatic hydroxyl groups is 2. The van der Waals surface area contributed by atoms with Crippen molar-refractivity contribution in [2.75, 3.05) is 6.61 Å². The highest BCUT2D eigenvalue weighted by molar-refractivity contribution is 7.12. The number of hydrogen-bond donors (Lipinski definition) is 4. The molecule has 0 unspecified atom stereocenters. The third kappa shape index (κ3) is 3.99. The van der Waals surface area contributed by atoms with E-state index in [4.69, 9.17) is 5.11 Å². The molecule has 21 heavy (non-hydrogen) atoms. The molecule has 0 spiro atoms. The van der Waals surface area contributed by atoms with E-state index in [1.165, 1.54) is 23.5 Å². The molecule has 0 aliphatic heterocycles. The molecule has 108 valence electrons.